The maximum Gasteiger partial charge on any atom is 0.0499 e. The summed E-state index contributed by atoms with van der Waals surface area (Å²) in [7, 11) is 0. The Labute approximate surface area is 106 Å². The Hall–Kier alpha value is -0.820. The Morgan fingerprint density at radius 1 is 1.12 bits per heavy atom. The average molecular weight is 234 g/mol. The molecule has 0 saturated carbocycles. The molecule has 0 aliphatic rings. The lowest BCUT2D eigenvalue weighted by Crippen LogP contribution is -2.11. The molecule has 17 heavy (non-hydrogen) atoms. The second-order valence-electron chi connectivity index (χ2n) is 5.89. The molecule has 0 spiro atoms. The minimum absolute atomic E-state index is 0.205. The first kappa shape index (κ1) is 14.2. The third-order valence-corrected chi connectivity index (χ3v) is 3.37. The van der Waals surface area contributed by atoms with E-state index >= 15 is 0 Å². The van der Waals surface area contributed by atoms with E-state index in [4.69, 9.17) is 0 Å². The van der Waals surface area contributed by atoms with Gasteiger partial charge in [0.1, 0.15) is 0 Å². The topological polar surface area (TPSA) is 20.2 Å². The van der Waals surface area contributed by atoms with Crippen LogP contribution in [0.2, 0.25) is 0 Å². The maximum absolute atomic E-state index is 9.44. The van der Waals surface area contributed by atoms with Crippen molar-refractivity contribution in [1.82, 2.24) is 0 Å². The van der Waals surface area contributed by atoms with E-state index in [0.717, 1.165) is 6.42 Å². The van der Waals surface area contributed by atoms with Gasteiger partial charge in [-0.05, 0) is 23.0 Å². The molecule has 1 aromatic carbocycles. The summed E-state index contributed by atoms with van der Waals surface area (Å²) in [6, 6.07) is 8.75. The standard InChI is InChI=1S/C16H26O/c1-5-6-7-14(12-17)13-8-10-15(11-9-13)16(2,3)4/h8-11,14,17H,5-7,12H2,1-4H3. The molecule has 0 aliphatic heterocycles. The lowest BCUT2D eigenvalue weighted by atomic mass is 9.85. The van der Waals surface area contributed by atoms with Crippen LogP contribution in [0.1, 0.15) is 64.0 Å². The molecule has 0 fully saturated rings. The Morgan fingerprint density at radius 3 is 2.12 bits per heavy atom. The van der Waals surface area contributed by atoms with Crippen LogP contribution < -0.4 is 0 Å². The smallest absolute Gasteiger partial charge is 0.0499 e. The molecule has 0 aliphatic carbocycles. The Morgan fingerprint density at radius 2 is 1.71 bits per heavy atom. The van der Waals surface area contributed by atoms with Crippen LogP contribution >= 0.6 is 0 Å². The Balaban J connectivity index is 2.78. The predicted octanol–water partition coefficient (Wildman–Crippen LogP) is 4.25. The highest BCUT2D eigenvalue weighted by Gasteiger charge is 2.15. The fourth-order valence-corrected chi connectivity index (χ4v) is 2.07. The van der Waals surface area contributed by atoms with E-state index in [-0.39, 0.29) is 12.0 Å². The van der Waals surface area contributed by atoms with E-state index in [0.29, 0.717) is 5.92 Å². The molecule has 1 N–H and O–H groups in total. The molecule has 1 atom stereocenters. The van der Waals surface area contributed by atoms with Gasteiger partial charge in [0.25, 0.3) is 0 Å². The van der Waals surface area contributed by atoms with Crippen molar-refractivity contribution in [3.8, 4) is 0 Å². The zero-order chi connectivity index (χ0) is 12.9. The third-order valence-electron chi connectivity index (χ3n) is 3.37. The lowest BCUT2D eigenvalue weighted by molar-refractivity contribution is 0.257. The highest BCUT2D eigenvalue weighted by Crippen LogP contribution is 2.26. The first-order chi connectivity index (χ1) is 7.99. The van der Waals surface area contributed by atoms with Crippen molar-refractivity contribution in [2.24, 2.45) is 0 Å². The molecule has 0 radical (unpaired) electrons. The van der Waals surface area contributed by atoms with Gasteiger partial charge in [0.05, 0.1) is 0 Å². The molecule has 1 nitrogen and oxygen atoms in total. The molecule has 0 aromatic heterocycles. The summed E-state index contributed by atoms with van der Waals surface area (Å²) in [5.41, 5.74) is 2.83. The van der Waals surface area contributed by atoms with Gasteiger partial charge in [0.15, 0.2) is 0 Å². The fourth-order valence-electron chi connectivity index (χ4n) is 2.07. The van der Waals surface area contributed by atoms with E-state index in [9.17, 15) is 5.11 Å². The van der Waals surface area contributed by atoms with Crippen molar-refractivity contribution in [2.75, 3.05) is 6.61 Å². The summed E-state index contributed by atoms with van der Waals surface area (Å²) in [6.45, 7) is 9.12. The highest BCUT2D eigenvalue weighted by molar-refractivity contribution is 5.29. The minimum Gasteiger partial charge on any atom is -0.396 e. The number of hydrogen-bond acceptors (Lipinski definition) is 1. The van der Waals surface area contributed by atoms with Gasteiger partial charge in [-0.2, -0.15) is 0 Å². The van der Waals surface area contributed by atoms with Crippen LogP contribution in [0.25, 0.3) is 0 Å². The lowest BCUT2D eigenvalue weighted by Gasteiger charge is -2.21. The summed E-state index contributed by atoms with van der Waals surface area (Å²) in [5, 5.41) is 9.44. The summed E-state index contributed by atoms with van der Waals surface area (Å²) >= 11 is 0. The SMILES string of the molecule is CCCCC(CO)c1ccc(C(C)(C)C)cc1. The van der Waals surface area contributed by atoms with Gasteiger partial charge in [-0.25, -0.2) is 0 Å². The van der Waals surface area contributed by atoms with Crippen LogP contribution in [0.4, 0.5) is 0 Å². The summed E-state index contributed by atoms with van der Waals surface area (Å²) < 4.78 is 0. The number of benzene rings is 1. The molecule has 1 heteroatoms. The number of unbranched alkanes of at least 4 members (excludes halogenated alkanes) is 1. The van der Waals surface area contributed by atoms with Gasteiger partial charge >= 0.3 is 0 Å². The van der Waals surface area contributed by atoms with E-state index < -0.39 is 0 Å². The Bertz CT molecular complexity index is 318. The second-order valence-corrected chi connectivity index (χ2v) is 5.89. The first-order valence-electron chi connectivity index (χ1n) is 6.70. The van der Waals surface area contributed by atoms with Crippen molar-refractivity contribution in [3.63, 3.8) is 0 Å². The van der Waals surface area contributed by atoms with Gasteiger partial charge in [-0.3, -0.25) is 0 Å². The summed E-state index contributed by atoms with van der Waals surface area (Å²) in [5.74, 6) is 0.309. The van der Waals surface area contributed by atoms with Crippen LogP contribution in [-0.4, -0.2) is 11.7 Å². The van der Waals surface area contributed by atoms with E-state index in [1.54, 1.807) is 0 Å². The molecule has 96 valence electrons. The van der Waals surface area contributed by atoms with Crippen LogP contribution in [0, 0.1) is 0 Å². The highest BCUT2D eigenvalue weighted by atomic mass is 16.3. The molecule has 1 aromatic rings. The summed E-state index contributed by atoms with van der Waals surface area (Å²) in [6.07, 6.45) is 3.46. The molecular weight excluding hydrogens is 208 g/mol. The number of hydrogen-bond donors (Lipinski definition) is 1. The van der Waals surface area contributed by atoms with Crippen LogP contribution in [0.15, 0.2) is 24.3 Å². The van der Waals surface area contributed by atoms with Crippen LogP contribution in [0.3, 0.4) is 0 Å². The Kier molecular flexibility index (Phi) is 5.20. The van der Waals surface area contributed by atoms with Crippen LogP contribution in [-0.2, 0) is 5.41 Å². The molecule has 1 unspecified atom stereocenters. The quantitative estimate of drug-likeness (QED) is 0.807. The zero-order valence-electron chi connectivity index (χ0n) is 11.7. The van der Waals surface area contributed by atoms with E-state index in [1.807, 2.05) is 0 Å². The van der Waals surface area contributed by atoms with Crippen LogP contribution in [0.5, 0.6) is 0 Å². The third kappa shape index (κ3) is 4.16. The van der Waals surface area contributed by atoms with E-state index in [2.05, 4.69) is 52.0 Å². The molecule has 1 rings (SSSR count). The number of rotatable bonds is 5. The van der Waals surface area contributed by atoms with Crippen molar-refractivity contribution < 1.29 is 5.11 Å². The van der Waals surface area contributed by atoms with Gasteiger partial charge < -0.3 is 5.11 Å². The number of aliphatic hydroxyl groups excluding tert-OH is 1. The van der Waals surface area contributed by atoms with Gasteiger partial charge in [-0.15, -0.1) is 0 Å². The molecule has 0 heterocycles. The summed E-state index contributed by atoms with van der Waals surface area (Å²) in [4.78, 5) is 0. The molecule has 0 saturated heterocycles. The number of aliphatic hydroxyl groups is 1. The van der Waals surface area contributed by atoms with Crippen molar-refractivity contribution >= 4 is 0 Å². The molecule has 0 amide bonds. The molecule has 0 bridgehead atoms. The zero-order valence-corrected chi connectivity index (χ0v) is 11.7. The van der Waals surface area contributed by atoms with Crippen molar-refractivity contribution in [3.05, 3.63) is 35.4 Å². The average Bonchev–Trinajstić information content (AvgIpc) is 2.29. The van der Waals surface area contributed by atoms with E-state index in [1.165, 1.54) is 24.0 Å². The maximum atomic E-state index is 9.44. The predicted molar refractivity (Wildman–Crippen MR) is 74.5 cm³/mol. The molecular formula is C16H26O. The largest absolute Gasteiger partial charge is 0.396 e. The van der Waals surface area contributed by atoms with Gasteiger partial charge in [0, 0.05) is 12.5 Å². The van der Waals surface area contributed by atoms with Crippen molar-refractivity contribution in [2.45, 2.75) is 58.3 Å². The monoisotopic (exact) mass is 234 g/mol. The minimum atomic E-state index is 0.205. The second kappa shape index (κ2) is 6.20. The van der Waals surface area contributed by atoms with Gasteiger partial charge in [-0.1, -0.05) is 64.8 Å². The first-order valence-corrected chi connectivity index (χ1v) is 6.70. The normalized spacial score (nSPS) is 13.7. The fraction of sp³-hybridized carbons (Fsp3) is 0.625. The van der Waals surface area contributed by atoms with Crippen molar-refractivity contribution in [1.29, 1.82) is 0 Å². The van der Waals surface area contributed by atoms with Gasteiger partial charge in [0.2, 0.25) is 0 Å².